The van der Waals surface area contributed by atoms with E-state index in [1.54, 1.807) is 7.11 Å². The van der Waals surface area contributed by atoms with Gasteiger partial charge in [-0.1, -0.05) is 5.21 Å². The summed E-state index contributed by atoms with van der Waals surface area (Å²) in [6, 6.07) is 5.86. The molecule has 1 atom stereocenters. The van der Waals surface area contributed by atoms with Crippen LogP contribution in [0.5, 0.6) is 5.75 Å². The third kappa shape index (κ3) is 3.12. The predicted molar refractivity (Wildman–Crippen MR) is 91.2 cm³/mol. The summed E-state index contributed by atoms with van der Waals surface area (Å²) in [5, 5.41) is 12.0. The van der Waals surface area contributed by atoms with E-state index in [-0.39, 0.29) is 0 Å². The number of aromatic amines is 1. The lowest BCUT2D eigenvalue weighted by atomic mass is 9.97. The molecule has 0 bridgehead atoms. The maximum Gasteiger partial charge on any atom is 0.121 e. The van der Waals surface area contributed by atoms with Crippen LogP contribution in [0.3, 0.4) is 0 Å². The third-order valence-electron chi connectivity index (χ3n) is 4.59. The van der Waals surface area contributed by atoms with E-state index in [4.69, 9.17) is 4.74 Å². The van der Waals surface area contributed by atoms with E-state index in [0.29, 0.717) is 5.92 Å². The summed E-state index contributed by atoms with van der Waals surface area (Å²) in [4.78, 5) is 7.97. The number of nitrogens with one attached hydrogen (secondary N) is 2. The Morgan fingerprint density at radius 2 is 2.33 bits per heavy atom. The van der Waals surface area contributed by atoms with Crippen molar-refractivity contribution < 1.29 is 4.74 Å². The van der Waals surface area contributed by atoms with Crippen LogP contribution in [0.25, 0.3) is 11.0 Å². The molecule has 0 unspecified atom stereocenters. The molecule has 1 saturated heterocycles. The number of hydrogen-bond donors (Lipinski definition) is 2. The Morgan fingerprint density at radius 3 is 3.17 bits per heavy atom. The largest absolute Gasteiger partial charge is 0.497 e. The summed E-state index contributed by atoms with van der Waals surface area (Å²) in [6.07, 6.45) is 5.27. The summed E-state index contributed by atoms with van der Waals surface area (Å²) < 4.78 is 7.16. The molecule has 1 aliphatic heterocycles. The highest BCUT2D eigenvalue weighted by Crippen LogP contribution is 2.21. The van der Waals surface area contributed by atoms with Gasteiger partial charge in [0.05, 0.1) is 23.8 Å². The molecule has 7 nitrogen and oxygen atoms in total. The Hall–Kier alpha value is -2.41. The van der Waals surface area contributed by atoms with Crippen LogP contribution in [0.1, 0.15) is 30.3 Å². The minimum Gasteiger partial charge on any atom is -0.497 e. The van der Waals surface area contributed by atoms with Crippen molar-refractivity contribution in [2.75, 3.05) is 20.2 Å². The Labute approximate surface area is 140 Å². The van der Waals surface area contributed by atoms with Crippen molar-refractivity contribution in [1.29, 1.82) is 0 Å². The zero-order valence-electron chi connectivity index (χ0n) is 13.8. The first-order valence-corrected chi connectivity index (χ1v) is 8.45. The Morgan fingerprint density at radius 1 is 1.38 bits per heavy atom. The van der Waals surface area contributed by atoms with Crippen molar-refractivity contribution in [2.45, 2.75) is 31.7 Å². The van der Waals surface area contributed by atoms with Gasteiger partial charge in [-0.05, 0) is 31.5 Å². The fourth-order valence-corrected chi connectivity index (χ4v) is 3.22. The van der Waals surface area contributed by atoms with E-state index < -0.39 is 0 Å². The van der Waals surface area contributed by atoms with Crippen molar-refractivity contribution in [1.82, 2.24) is 30.3 Å². The van der Waals surface area contributed by atoms with Crippen molar-refractivity contribution in [3.05, 3.63) is 35.9 Å². The number of fused-ring (bicyclic) bond motifs is 1. The van der Waals surface area contributed by atoms with Crippen molar-refractivity contribution in [2.24, 2.45) is 0 Å². The molecule has 0 saturated carbocycles. The zero-order chi connectivity index (χ0) is 16.4. The van der Waals surface area contributed by atoms with Gasteiger partial charge in [0.1, 0.15) is 11.6 Å². The van der Waals surface area contributed by atoms with Crippen LogP contribution in [-0.4, -0.2) is 45.2 Å². The molecule has 1 aromatic carbocycles. The van der Waals surface area contributed by atoms with Gasteiger partial charge in [0.2, 0.25) is 0 Å². The third-order valence-corrected chi connectivity index (χ3v) is 4.59. The zero-order valence-corrected chi connectivity index (χ0v) is 13.8. The first-order valence-electron chi connectivity index (χ1n) is 8.45. The average molecular weight is 326 g/mol. The SMILES string of the molecule is COc1ccc2nc(CCn3cc([C@@H]4CCCNC4)nn3)[nH]c2c1. The quantitative estimate of drug-likeness (QED) is 0.748. The molecule has 0 spiro atoms. The Kier molecular flexibility index (Phi) is 4.17. The minimum atomic E-state index is 0.492. The Bertz CT molecular complexity index is 817. The van der Waals surface area contributed by atoms with E-state index >= 15 is 0 Å². The highest BCUT2D eigenvalue weighted by atomic mass is 16.5. The molecule has 0 amide bonds. The average Bonchev–Trinajstić information content (AvgIpc) is 3.26. The number of rotatable bonds is 5. The van der Waals surface area contributed by atoms with E-state index in [9.17, 15) is 0 Å². The molecule has 1 aliphatic rings. The molecule has 2 N–H and O–H groups in total. The van der Waals surface area contributed by atoms with E-state index in [1.165, 1.54) is 12.8 Å². The molecule has 3 heterocycles. The van der Waals surface area contributed by atoms with Gasteiger partial charge >= 0.3 is 0 Å². The van der Waals surface area contributed by atoms with E-state index in [0.717, 1.165) is 54.4 Å². The second-order valence-corrected chi connectivity index (χ2v) is 6.27. The van der Waals surface area contributed by atoms with Crippen LogP contribution in [0.4, 0.5) is 0 Å². The standard InChI is InChI=1S/C17H22N6O/c1-24-13-4-5-14-15(9-13)20-17(19-14)6-8-23-11-16(21-22-23)12-3-2-7-18-10-12/h4-5,9,11-12,18H,2-3,6-8,10H2,1H3,(H,19,20)/t12-/m1/s1. The van der Waals surface area contributed by atoms with Crippen molar-refractivity contribution in [3.63, 3.8) is 0 Å². The highest BCUT2D eigenvalue weighted by Gasteiger charge is 2.18. The lowest BCUT2D eigenvalue weighted by molar-refractivity contribution is 0.415. The second kappa shape index (κ2) is 6.60. The number of methoxy groups -OCH3 is 1. The summed E-state index contributed by atoms with van der Waals surface area (Å²) in [7, 11) is 1.67. The molecule has 24 heavy (non-hydrogen) atoms. The summed E-state index contributed by atoms with van der Waals surface area (Å²) in [5.41, 5.74) is 3.05. The normalized spacial score (nSPS) is 18.1. The van der Waals surface area contributed by atoms with Crippen molar-refractivity contribution >= 4 is 11.0 Å². The lowest BCUT2D eigenvalue weighted by Gasteiger charge is -2.20. The van der Waals surface area contributed by atoms with E-state index in [2.05, 4.69) is 31.8 Å². The van der Waals surface area contributed by atoms with Gasteiger partial charge in [-0.3, -0.25) is 4.68 Å². The molecule has 2 aromatic heterocycles. The number of nitrogens with zero attached hydrogens (tertiary/aromatic N) is 4. The number of aryl methyl sites for hydroxylation is 2. The number of hydrogen-bond acceptors (Lipinski definition) is 5. The van der Waals surface area contributed by atoms with Gasteiger partial charge < -0.3 is 15.0 Å². The topological polar surface area (TPSA) is 80.7 Å². The van der Waals surface area contributed by atoms with Crippen LogP contribution in [-0.2, 0) is 13.0 Å². The molecule has 4 rings (SSSR count). The molecule has 0 radical (unpaired) electrons. The maximum atomic E-state index is 5.25. The summed E-state index contributed by atoms with van der Waals surface area (Å²) >= 11 is 0. The number of aromatic nitrogens is 5. The van der Waals surface area contributed by atoms with Gasteiger partial charge in [-0.15, -0.1) is 5.10 Å². The number of H-pyrrole nitrogens is 1. The molecule has 0 aliphatic carbocycles. The number of imidazole rings is 1. The number of ether oxygens (including phenoxy) is 1. The molecule has 3 aromatic rings. The number of benzene rings is 1. The molecule has 126 valence electrons. The Balaban J connectivity index is 1.42. The highest BCUT2D eigenvalue weighted by molar-refractivity contribution is 5.76. The minimum absolute atomic E-state index is 0.492. The smallest absolute Gasteiger partial charge is 0.121 e. The predicted octanol–water partition coefficient (Wildman–Crippen LogP) is 1.87. The number of piperidine rings is 1. The summed E-state index contributed by atoms with van der Waals surface area (Å²) in [6.45, 7) is 2.88. The first kappa shape index (κ1) is 15.1. The van der Waals surface area contributed by atoms with Gasteiger partial charge in [0, 0.05) is 37.7 Å². The fourth-order valence-electron chi connectivity index (χ4n) is 3.22. The molecule has 7 heteroatoms. The summed E-state index contributed by atoms with van der Waals surface area (Å²) in [5.74, 6) is 2.28. The van der Waals surface area contributed by atoms with Gasteiger partial charge in [-0.25, -0.2) is 4.98 Å². The fraction of sp³-hybridized carbons (Fsp3) is 0.471. The van der Waals surface area contributed by atoms with Crippen LogP contribution < -0.4 is 10.1 Å². The first-order chi connectivity index (χ1) is 11.8. The maximum absolute atomic E-state index is 5.25. The van der Waals surface area contributed by atoms with E-state index in [1.807, 2.05) is 22.9 Å². The van der Waals surface area contributed by atoms with Crippen LogP contribution in [0, 0.1) is 0 Å². The van der Waals surface area contributed by atoms with Crippen LogP contribution in [0.15, 0.2) is 24.4 Å². The molecular formula is C17H22N6O. The van der Waals surface area contributed by atoms with Crippen LogP contribution >= 0.6 is 0 Å². The lowest BCUT2D eigenvalue weighted by Crippen LogP contribution is -2.28. The second-order valence-electron chi connectivity index (χ2n) is 6.27. The van der Waals surface area contributed by atoms with Crippen LogP contribution in [0.2, 0.25) is 0 Å². The van der Waals surface area contributed by atoms with Gasteiger partial charge in [-0.2, -0.15) is 0 Å². The molecular weight excluding hydrogens is 304 g/mol. The molecule has 1 fully saturated rings. The monoisotopic (exact) mass is 326 g/mol. The van der Waals surface area contributed by atoms with Gasteiger partial charge in [0.15, 0.2) is 0 Å². The van der Waals surface area contributed by atoms with Crippen molar-refractivity contribution in [3.8, 4) is 5.75 Å². The van der Waals surface area contributed by atoms with Gasteiger partial charge in [0.25, 0.3) is 0 Å².